The molecule has 0 spiro atoms. The zero-order chi connectivity index (χ0) is 14.3. The molecule has 19 heavy (non-hydrogen) atoms. The van der Waals surface area contributed by atoms with Gasteiger partial charge in [-0.15, -0.1) is 0 Å². The van der Waals surface area contributed by atoms with Crippen molar-refractivity contribution >= 4 is 17.6 Å². The molecule has 0 radical (unpaired) electrons. The lowest BCUT2D eigenvalue weighted by atomic mass is 10.0. The third-order valence-electron chi connectivity index (χ3n) is 3.58. The first-order chi connectivity index (χ1) is 9.20. The summed E-state index contributed by atoms with van der Waals surface area (Å²) in [4.78, 5) is 0. The minimum atomic E-state index is -0.269. The maximum absolute atomic E-state index is 9.84. The van der Waals surface area contributed by atoms with E-state index in [1.54, 1.807) is 5.37 Å². The van der Waals surface area contributed by atoms with Crippen LogP contribution in [0.15, 0.2) is 0 Å². The average Bonchev–Trinajstić information content (AvgIpc) is 2.40. The Balaban J connectivity index is 3.32. The van der Waals surface area contributed by atoms with E-state index in [1.165, 1.54) is 32.1 Å². The number of hydrogen-bond donors (Lipinski definition) is 2. The second-order valence-electron chi connectivity index (χ2n) is 5.54. The topological polar surface area (TPSA) is 40.5 Å². The lowest BCUT2D eigenvalue weighted by molar-refractivity contribution is 0.102. The lowest BCUT2D eigenvalue weighted by Crippen LogP contribution is -2.13. The Morgan fingerprint density at radius 2 is 1.32 bits per heavy atom. The largest absolute Gasteiger partial charge is 0.393 e. The molecule has 0 rings (SSSR count). The highest BCUT2D eigenvalue weighted by molar-refractivity contribution is 7.78. The Morgan fingerprint density at radius 3 is 1.89 bits per heavy atom. The van der Waals surface area contributed by atoms with Crippen molar-refractivity contribution in [3.8, 4) is 0 Å². The van der Waals surface area contributed by atoms with Crippen LogP contribution in [0.4, 0.5) is 0 Å². The van der Waals surface area contributed by atoms with Gasteiger partial charge in [0, 0.05) is 0 Å². The quantitative estimate of drug-likeness (QED) is 0.367. The Morgan fingerprint density at radius 1 is 0.789 bits per heavy atom. The van der Waals surface area contributed by atoms with Gasteiger partial charge in [-0.3, -0.25) is 0 Å². The number of unbranched alkanes of at least 4 members (excludes halogenated alkanes) is 6. The van der Waals surface area contributed by atoms with Crippen LogP contribution in [0.5, 0.6) is 0 Å². The van der Waals surface area contributed by atoms with Crippen molar-refractivity contribution in [1.29, 1.82) is 0 Å². The summed E-state index contributed by atoms with van der Waals surface area (Å²) in [5, 5.41) is 21.3. The molecule has 114 valence electrons. The summed E-state index contributed by atoms with van der Waals surface area (Å²) in [6.07, 6.45) is 12.1. The van der Waals surface area contributed by atoms with Gasteiger partial charge in [0.1, 0.15) is 0 Å². The fraction of sp³-hybridized carbons (Fsp3) is 0.938. The monoisotopic (exact) mass is 288 g/mol. The Labute approximate surface area is 124 Å². The molecule has 0 amide bonds. The van der Waals surface area contributed by atoms with Gasteiger partial charge in [-0.05, 0) is 43.9 Å². The highest BCUT2D eigenvalue weighted by Gasteiger charge is 2.08. The van der Waals surface area contributed by atoms with Crippen LogP contribution in [0.3, 0.4) is 0 Å². The van der Waals surface area contributed by atoms with Gasteiger partial charge in [-0.1, -0.05) is 57.7 Å². The van der Waals surface area contributed by atoms with Crippen molar-refractivity contribution in [3.63, 3.8) is 0 Å². The Kier molecular flexibility index (Phi) is 14.4. The van der Waals surface area contributed by atoms with E-state index in [1.807, 2.05) is 0 Å². The van der Waals surface area contributed by atoms with Gasteiger partial charge in [0.15, 0.2) is 0 Å². The van der Waals surface area contributed by atoms with Crippen molar-refractivity contribution in [1.82, 2.24) is 0 Å². The summed E-state index contributed by atoms with van der Waals surface area (Å²) in [5.74, 6) is 0. The van der Waals surface area contributed by atoms with Crippen molar-refractivity contribution in [2.24, 2.45) is 0 Å². The van der Waals surface area contributed by atoms with Crippen LogP contribution < -0.4 is 0 Å². The van der Waals surface area contributed by atoms with Crippen molar-refractivity contribution in [2.45, 2.75) is 96.2 Å². The van der Waals surface area contributed by atoms with Gasteiger partial charge in [-0.2, -0.15) is 0 Å². The van der Waals surface area contributed by atoms with Crippen LogP contribution in [0.1, 0.15) is 84.0 Å². The SMILES string of the molecule is CCCCCCCCC(O)CCC(O)CCCC=S. The number of hydrogen-bond acceptors (Lipinski definition) is 3. The third-order valence-corrected chi connectivity index (χ3v) is 3.82. The van der Waals surface area contributed by atoms with Crippen LogP contribution in [0, 0.1) is 0 Å². The predicted molar refractivity (Wildman–Crippen MR) is 86.7 cm³/mol. The molecule has 0 aromatic rings. The molecule has 2 atom stereocenters. The summed E-state index contributed by atoms with van der Waals surface area (Å²) in [6, 6.07) is 0. The van der Waals surface area contributed by atoms with E-state index in [0.29, 0.717) is 6.42 Å². The van der Waals surface area contributed by atoms with E-state index in [2.05, 4.69) is 6.92 Å². The van der Waals surface area contributed by atoms with Gasteiger partial charge in [0.25, 0.3) is 0 Å². The van der Waals surface area contributed by atoms with Crippen molar-refractivity contribution in [3.05, 3.63) is 0 Å². The summed E-state index contributed by atoms with van der Waals surface area (Å²) >= 11 is 4.75. The van der Waals surface area contributed by atoms with E-state index < -0.39 is 0 Å². The lowest BCUT2D eigenvalue weighted by Gasteiger charge is -2.14. The second-order valence-corrected chi connectivity index (χ2v) is 5.87. The summed E-state index contributed by atoms with van der Waals surface area (Å²) in [6.45, 7) is 2.22. The molecule has 0 heterocycles. The molecule has 0 saturated carbocycles. The molecule has 0 aromatic carbocycles. The van der Waals surface area contributed by atoms with Crippen LogP contribution in [0.25, 0.3) is 0 Å². The normalized spacial score (nSPS) is 14.3. The minimum absolute atomic E-state index is 0.230. The standard InChI is InChI=1S/C16H32O2S/c1-2-3-4-5-6-7-10-15(17)12-13-16(18)11-8-9-14-19/h14-18H,2-13H2,1H3. The minimum Gasteiger partial charge on any atom is -0.393 e. The molecular weight excluding hydrogens is 256 g/mol. The average molecular weight is 288 g/mol. The maximum Gasteiger partial charge on any atom is 0.0541 e. The first-order valence-electron chi connectivity index (χ1n) is 8.00. The molecule has 0 saturated heterocycles. The van der Waals surface area contributed by atoms with Gasteiger partial charge < -0.3 is 10.2 Å². The van der Waals surface area contributed by atoms with Gasteiger partial charge in [0.2, 0.25) is 0 Å². The van der Waals surface area contributed by atoms with Crippen LogP contribution >= 0.6 is 12.2 Å². The Hall–Kier alpha value is 0.01000. The third kappa shape index (κ3) is 14.2. The molecule has 0 bridgehead atoms. The van der Waals surface area contributed by atoms with Gasteiger partial charge in [-0.25, -0.2) is 0 Å². The molecule has 3 heteroatoms. The van der Waals surface area contributed by atoms with Crippen LogP contribution in [-0.4, -0.2) is 27.8 Å². The summed E-state index contributed by atoms with van der Waals surface area (Å²) in [7, 11) is 0. The van der Waals surface area contributed by atoms with Crippen LogP contribution in [-0.2, 0) is 0 Å². The highest BCUT2D eigenvalue weighted by atomic mass is 32.1. The van der Waals surface area contributed by atoms with Crippen molar-refractivity contribution in [2.75, 3.05) is 0 Å². The molecular formula is C16H32O2S. The van der Waals surface area contributed by atoms with Gasteiger partial charge >= 0.3 is 0 Å². The summed E-state index contributed by atoms with van der Waals surface area (Å²) < 4.78 is 0. The van der Waals surface area contributed by atoms with E-state index in [4.69, 9.17) is 12.2 Å². The fourth-order valence-corrected chi connectivity index (χ4v) is 2.44. The molecule has 2 N–H and O–H groups in total. The number of aliphatic hydroxyl groups excluding tert-OH is 2. The molecule has 0 aromatic heterocycles. The van der Waals surface area contributed by atoms with E-state index in [0.717, 1.165) is 38.5 Å². The molecule has 0 aliphatic carbocycles. The number of thiocarbonyl (C=S) groups is 1. The van der Waals surface area contributed by atoms with E-state index in [-0.39, 0.29) is 12.2 Å². The first kappa shape index (κ1) is 19.0. The molecule has 0 aliphatic heterocycles. The molecule has 0 fully saturated rings. The number of aliphatic hydroxyl groups is 2. The summed E-state index contributed by atoms with van der Waals surface area (Å²) in [5.41, 5.74) is 0. The molecule has 2 nitrogen and oxygen atoms in total. The zero-order valence-electron chi connectivity index (χ0n) is 12.5. The molecule has 2 unspecified atom stereocenters. The smallest absolute Gasteiger partial charge is 0.0541 e. The van der Waals surface area contributed by atoms with Crippen LogP contribution in [0.2, 0.25) is 0 Å². The molecule has 0 aliphatic rings. The Bertz CT molecular complexity index is 197. The highest BCUT2D eigenvalue weighted by Crippen LogP contribution is 2.14. The number of rotatable bonds is 14. The van der Waals surface area contributed by atoms with Crippen molar-refractivity contribution < 1.29 is 10.2 Å². The maximum atomic E-state index is 9.84. The van der Waals surface area contributed by atoms with E-state index in [9.17, 15) is 10.2 Å². The predicted octanol–water partition coefficient (Wildman–Crippen LogP) is 4.41. The van der Waals surface area contributed by atoms with E-state index >= 15 is 0 Å². The second kappa shape index (κ2) is 14.4. The fourth-order valence-electron chi connectivity index (χ4n) is 2.27. The zero-order valence-corrected chi connectivity index (χ0v) is 13.3. The first-order valence-corrected chi connectivity index (χ1v) is 8.47. The van der Waals surface area contributed by atoms with Gasteiger partial charge in [0.05, 0.1) is 12.2 Å².